The minimum atomic E-state index is -2.30. The maximum atomic E-state index is 11.6. The fourth-order valence-corrected chi connectivity index (χ4v) is 4.58. The Morgan fingerprint density at radius 1 is 0.676 bits per heavy atom. The van der Waals surface area contributed by atoms with E-state index in [9.17, 15) is 30.6 Å². The zero-order valence-corrected chi connectivity index (χ0v) is 20.7. The van der Waals surface area contributed by atoms with Gasteiger partial charge >= 0.3 is 0 Å². The van der Waals surface area contributed by atoms with E-state index in [4.69, 9.17) is 0 Å². The summed E-state index contributed by atoms with van der Waals surface area (Å²) in [6.07, 6.45) is -1.55. The Hall–Kier alpha value is -1.80. The SMILES string of the molecule is CCCc1ccc(CC(O)(CC)[C@@H](O)[C@@](O)(Cc2ccc(CCC)cc2)[C@H](O)[C@@H](O)CO)cc1. The average molecular weight is 475 g/mol. The van der Waals surface area contributed by atoms with Crippen LogP contribution in [0.2, 0.25) is 0 Å². The molecule has 0 amide bonds. The molecule has 0 spiro atoms. The normalized spacial score (nSPS) is 18.0. The standard InChI is InChI=1S/C28H42O6/c1-4-7-20-9-13-22(14-10-20)17-27(33,6-3)26(32)28(34,25(31)24(30)19-29)18-23-15-11-21(8-5-2)12-16-23/h9-16,24-26,29-34H,4-8,17-19H2,1-3H3/t24-,25+,26+,27?,28+/m0/s1. The first-order valence-electron chi connectivity index (χ1n) is 12.4. The van der Waals surface area contributed by atoms with Crippen LogP contribution in [0.5, 0.6) is 0 Å². The number of aliphatic hydroxyl groups excluding tert-OH is 4. The summed E-state index contributed by atoms with van der Waals surface area (Å²) in [4.78, 5) is 0. The first-order valence-corrected chi connectivity index (χ1v) is 12.4. The molecule has 190 valence electrons. The number of aliphatic hydroxyl groups is 6. The second kappa shape index (κ2) is 12.8. The summed E-state index contributed by atoms with van der Waals surface area (Å²) in [5.41, 5.74) is -0.361. The molecule has 6 N–H and O–H groups in total. The van der Waals surface area contributed by atoms with Gasteiger partial charge < -0.3 is 30.6 Å². The molecule has 1 unspecified atom stereocenters. The van der Waals surface area contributed by atoms with Gasteiger partial charge in [0.15, 0.2) is 0 Å². The molecule has 0 aliphatic heterocycles. The van der Waals surface area contributed by atoms with Gasteiger partial charge in [0.1, 0.15) is 23.9 Å². The van der Waals surface area contributed by atoms with Crippen LogP contribution in [-0.4, -0.2) is 66.8 Å². The highest BCUT2D eigenvalue weighted by atomic mass is 16.4. The molecule has 0 bridgehead atoms. The summed E-state index contributed by atoms with van der Waals surface area (Å²) in [7, 11) is 0. The van der Waals surface area contributed by atoms with Crippen molar-refractivity contribution in [3.05, 3.63) is 70.8 Å². The van der Waals surface area contributed by atoms with Crippen molar-refractivity contribution in [2.45, 2.75) is 95.2 Å². The lowest BCUT2D eigenvalue weighted by Crippen LogP contribution is -2.66. The lowest BCUT2D eigenvalue weighted by atomic mass is 9.72. The van der Waals surface area contributed by atoms with Crippen LogP contribution >= 0.6 is 0 Å². The van der Waals surface area contributed by atoms with Crippen molar-refractivity contribution in [2.75, 3.05) is 6.61 Å². The summed E-state index contributed by atoms with van der Waals surface area (Å²) < 4.78 is 0. The molecule has 5 atom stereocenters. The van der Waals surface area contributed by atoms with E-state index < -0.39 is 36.1 Å². The Labute approximate surface area is 203 Å². The zero-order chi connectivity index (χ0) is 25.4. The first-order chi connectivity index (χ1) is 16.1. The molecule has 6 heteroatoms. The van der Waals surface area contributed by atoms with Crippen molar-refractivity contribution < 1.29 is 30.6 Å². The van der Waals surface area contributed by atoms with Crippen LogP contribution in [0.3, 0.4) is 0 Å². The fourth-order valence-electron chi connectivity index (χ4n) is 4.58. The van der Waals surface area contributed by atoms with Gasteiger partial charge in [-0.3, -0.25) is 0 Å². The van der Waals surface area contributed by atoms with Crippen LogP contribution < -0.4 is 0 Å². The average Bonchev–Trinajstić information content (AvgIpc) is 2.85. The summed E-state index contributed by atoms with van der Waals surface area (Å²) in [5.74, 6) is 0. The Morgan fingerprint density at radius 2 is 1.09 bits per heavy atom. The summed E-state index contributed by atoms with van der Waals surface area (Å²) in [6, 6.07) is 15.2. The minimum Gasteiger partial charge on any atom is -0.394 e. The van der Waals surface area contributed by atoms with Gasteiger partial charge in [0, 0.05) is 12.8 Å². The molecule has 0 aliphatic carbocycles. The van der Waals surface area contributed by atoms with E-state index >= 15 is 0 Å². The smallest absolute Gasteiger partial charge is 0.126 e. The quantitative estimate of drug-likeness (QED) is 0.250. The highest BCUT2D eigenvalue weighted by Crippen LogP contribution is 2.34. The predicted molar refractivity (Wildman–Crippen MR) is 134 cm³/mol. The molecule has 0 aliphatic rings. The lowest BCUT2D eigenvalue weighted by Gasteiger charge is -2.45. The van der Waals surface area contributed by atoms with E-state index in [0.717, 1.165) is 36.8 Å². The van der Waals surface area contributed by atoms with Crippen LogP contribution in [0.4, 0.5) is 0 Å². The van der Waals surface area contributed by atoms with E-state index in [1.165, 1.54) is 5.56 Å². The van der Waals surface area contributed by atoms with E-state index in [0.29, 0.717) is 5.56 Å². The topological polar surface area (TPSA) is 121 Å². The second-order valence-electron chi connectivity index (χ2n) is 9.53. The molecule has 0 fully saturated rings. The first kappa shape index (κ1) is 28.4. The predicted octanol–water partition coefficient (Wildman–Crippen LogP) is 2.32. The van der Waals surface area contributed by atoms with Crippen molar-refractivity contribution in [2.24, 2.45) is 0 Å². The molecule has 6 nitrogen and oxygen atoms in total. The number of benzene rings is 2. The minimum absolute atomic E-state index is 0.0523. The van der Waals surface area contributed by atoms with E-state index in [1.54, 1.807) is 19.1 Å². The van der Waals surface area contributed by atoms with Gasteiger partial charge in [0.05, 0.1) is 12.2 Å². The largest absolute Gasteiger partial charge is 0.394 e. The maximum absolute atomic E-state index is 11.6. The number of aryl methyl sites for hydroxylation is 2. The third-order valence-electron chi connectivity index (χ3n) is 6.78. The van der Waals surface area contributed by atoms with Crippen molar-refractivity contribution in [1.82, 2.24) is 0 Å². The second-order valence-corrected chi connectivity index (χ2v) is 9.53. The molecule has 34 heavy (non-hydrogen) atoms. The highest BCUT2D eigenvalue weighted by Gasteiger charge is 2.53. The molecule has 2 aromatic rings. The van der Waals surface area contributed by atoms with Gasteiger partial charge in [-0.15, -0.1) is 0 Å². The van der Waals surface area contributed by atoms with E-state index in [-0.39, 0.29) is 19.3 Å². The molecule has 2 rings (SSSR count). The van der Waals surface area contributed by atoms with Crippen molar-refractivity contribution >= 4 is 0 Å². The van der Waals surface area contributed by atoms with E-state index in [2.05, 4.69) is 13.8 Å². The molecular weight excluding hydrogens is 432 g/mol. The van der Waals surface area contributed by atoms with Crippen LogP contribution in [0.25, 0.3) is 0 Å². The number of hydrogen-bond donors (Lipinski definition) is 6. The van der Waals surface area contributed by atoms with Crippen LogP contribution in [-0.2, 0) is 25.7 Å². The Morgan fingerprint density at radius 3 is 1.47 bits per heavy atom. The molecular formula is C28H42O6. The monoisotopic (exact) mass is 474 g/mol. The zero-order valence-electron chi connectivity index (χ0n) is 20.7. The van der Waals surface area contributed by atoms with Crippen LogP contribution in [0.1, 0.15) is 62.3 Å². The molecule has 0 radical (unpaired) electrons. The van der Waals surface area contributed by atoms with Gasteiger partial charge in [-0.2, -0.15) is 0 Å². The van der Waals surface area contributed by atoms with Crippen LogP contribution in [0, 0.1) is 0 Å². The van der Waals surface area contributed by atoms with E-state index in [1.807, 2.05) is 36.4 Å². The molecule has 0 heterocycles. The summed E-state index contributed by atoms with van der Waals surface area (Å²) in [6.45, 7) is 5.08. The van der Waals surface area contributed by atoms with Crippen LogP contribution in [0.15, 0.2) is 48.5 Å². The molecule has 0 saturated carbocycles. The summed E-state index contributed by atoms with van der Waals surface area (Å²) >= 11 is 0. The third kappa shape index (κ3) is 6.87. The Balaban J connectivity index is 2.37. The fraction of sp³-hybridized carbons (Fsp3) is 0.571. The Bertz CT molecular complexity index is 852. The van der Waals surface area contributed by atoms with Gasteiger partial charge in [-0.25, -0.2) is 0 Å². The van der Waals surface area contributed by atoms with Gasteiger partial charge in [-0.1, -0.05) is 82.1 Å². The number of rotatable bonds is 14. The van der Waals surface area contributed by atoms with Crippen molar-refractivity contribution in [3.8, 4) is 0 Å². The van der Waals surface area contributed by atoms with Gasteiger partial charge in [0.25, 0.3) is 0 Å². The van der Waals surface area contributed by atoms with Crippen molar-refractivity contribution in [3.63, 3.8) is 0 Å². The summed E-state index contributed by atoms with van der Waals surface area (Å²) in [5, 5.41) is 64.8. The highest BCUT2D eigenvalue weighted by molar-refractivity contribution is 5.27. The molecule has 0 aromatic heterocycles. The molecule has 2 aromatic carbocycles. The van der Waals surface area contributed by atoms with Gasteiger partial charge in [-0.05, 0) is 41.5 Å². The maximum Gasteiger partial charge on any atom is 0.126 e. The van der Waals surface area contributed by atoms with Crippen molar-refractivity contribution in [1.29, 1.82) is 0 Å². The third-order valence-corrected chi connectivity index (χ3v) is 6.78. The molecule has 0 saturated heterocycles. The Kier molecular flexibility index (Phi) is 10.7. The lowest BCUT2D eigenvalue weighted by molar-refractivity contribution is -0.229. The van der Waals surface area contributed by atoms with Gasteiger partial charge in [0.2, 0.25) is 0 Å². The number of hydrogen-bond acceptors (Lipinski definition) is 6.